The molecule has 0 spiro atoms. The standard InChI is InChI=1S/C24H22FN5O3/c1-14-15(2)30-20-21(26-23(30)29(14)18-12-8-7-11-17(18)25)27(3)24(33)28(22(20)32)13-19(31)16-9-5-4-6-10-16/h4-12,20-21H,13H2,1-3H3. The number of imide groups is 1. The van der Waals surface area contributed by atoms with Crippen LogP contribution in [-0.2, 0) is 4.79 Å². The van der Waals surface area contributed by atoms with Gasteiger partial charge in [0.05, 0.1) is 12.2 Å². The fourth-order valence-corrected chi connectivity index (χ4v) is 4.54. The molecule has 3 amide bonds. The number of benzene rings is 2. The Kier molecular flexibility index (Phi) is 4.77. The van der Waals surface area contributed by atoms with E-state index in [-0.39, 0.29) is 12.3 Å². The number of nitrogens with zero attached hydrogens (tertiary/aromatic N) is 5. The second-order valence-corrected chi connectivity index (χ2v) is 8.22. The molecule has 1 saturated heterocycles. The number of aliphatic imine (C=N–C) groups is 1. The summed E-state index contributed by atoms with van der Waals surface area (Å²) in [5, 5.41) is 0. The SMILES string of the molecule is CC1=C(C)N2C(=NC3C2C(=O)N(CC(=O)c2ccccc2)C(=O)N3C)N1c1ccccc1F. The number of para-hydroxylation sites is 1. The Hall–Kier alpha value is -4.01. The average molecular weight is 447 g/mol. The summed E-state index contributed by atoms with van der Waals surface area (Å²) in [4.78, 5) is 49.7. The van der Waals surface area contributed by atoms with Crippen molar-refractivity contribution in [2.75, 3.05) is 18.5 Å². The summed E-state index contributed by atoms with van der Waals surface area (Å²) in [6, 6.07) is 13.4. The van der Waals surface area contributed by atoms with Crippen LogP contribution in [0.2, 0.25) is 0 Å². The molecule has 3 aliphatic heterocycles. The zero-order valence-corrected chi connectivity index (χ0v) is 18.4. The van der Waals surface area contributed by atoms with E-state index in [1.54, 1.807) is 65.4 Å². The van der Waals surface area contributed by atoms with Gasteiger partial charge in [-0.1, -0.05) is 42.5 Å². The molecule has 0 N–H and O–H groups in total. The van der Waals surface area contributed by atoms with Crippen molar-refractivity contribution >= 4 is 29.4 Å². The number of urea groups is 1. The summed E-state index contributed by atoms with van der Waals surface area (Å²) in [6.07, 6.45) is -0.777. The molecule has 2 atom stereocenters. The number of likely N-dealkylation sites (N-methyl/N-ethyl adjacent to an activating group) is 1. The van der Waals surface area contributed by atoms with Gasteiger partial charge in [-0.2, -0.15) is 0 Å². The first-order valence-electron chi connectivity index (χ1n) is 10.6. The summed E-state index contributed by atoms with van der Waals surface area (Å²) in [5.74, 6) is -0.876. The smallest absolute Gasteiger partial charge is 0.302 e. The van der Waals surface area contributed by atoms with Gasteiger partial charge >= 0.3 is 6.03 Å². The van der Waals surface area contributed by atoms with Gasteiger partial charge < -0.3 is 4.90 Å². The van der Waals surface area contributed by atoms with Crippen molar-refractivity contribution in [1.82, 2.24) is 14.7 Å². The van der Waals surface area contributed by atoms with E-state index in [1.807, 2.05) is 13.8 Å². The third kappa shape index (κ3) is 3.03. The minimum absolute atomic E-state index is 0.312. The van der Waals surface area contributed by atoms with E-state index < -0.39 is 30.0 Å². The van der Waals surface area contributed by atoms with Crippen molar-refractivity contribution < 1.29 is 18.8 Å². The highest BCUT2D eigenvalue weighted by molar-refractivity contribution is 6.12. The lowest BCUT2D eigenvalue weighted by molar-refractivity contribution is -0.136. The predicted octanol–water partition coefficient (Wildman–Crippen LogP) is 3.04. The maximum Gasteiger partial charge on any atom is 0.328 e. The highest BCUT2D eigenvalue weighted by Crippen LogP contribution is 2.40. The third-order valence-electron chi connectivity index (χ3n) is 6.38. The number of anilines is 1. The number of carbonyl (C=O) groups excluding carboxylic acids is 3. The summed E-state index contributed by atoms with van der Waals surface area (Å²) in [5.41, 5.74) is 2.20. The molecule has 0 radical (unpaired) electrons. The molecule has 9 heteroatoms. The molecule has 2 aromatic rings. The molecule has 3 aliphatic rings. The van der Waals surface area contributed by atoms with Gasteiger partial charge in [-0.05, 0) is 26.0 Å². The predicted molar refractivity (Wildman–Crippen MR) is 120 cm³/mol. The first kappa shape index (κ1) is 20.9. The molecule has 0 bridgehead atoms. The van der Waals surface area contributed by atoms with Crippen LogP contribution in [0.5, 0.6) is 0 Å². The summed E-state index contributed by atoms with van der Waals surface area (Å²) >= 11 is 0. The van der Waals surface area contributed by atoms with Gasteiger partial charge in [-0.25, -0.2) is 14.2 Å². The Morgan fingerprint density at radius 3 is 2.36 bits per heavy atom. The first-order chi connectivity index (χ1) is 15.8. The van der Waals surface area contributed by atoms with Crippen LogP contribution in [-0.4, -0.2) is 64.2 Å². The molecule has 2 unspecified atom stereocenters. The topological polar surface area (TPSA) is 76.5 Å². The van der Waals surface area contributed by atoms with Crippen molar-refractivity contribution in [3.63, 3.8) is 0 Å². The maximum absolute atomic E-state index is 14.6. The van der Waals surface area contributed by atoms with Crippen LogP contribution in [0.1, 0.15) is 24.2 Å². The van der Waals surface area contributed by atoms with E-state index in [0.29, 0.717) is 17.2 Å². The second-order valence-electron chi connectivity index (χ2n) is 8.22. The van der Waals surface area contributed by atoms with Gasteiger partial charge in [-0.15, -0.1) is 0 Å². The number of fused-ring (bicyclic) bond motifs is 3. The van der Waals surface area contributed by atoms with Crippen LogP contribution in [0.25, 0.3) is 0 Å². The van der Waals surface area contributed by atoms with Gasteiger partial charge in [0.1, 0.15) is 5.82 Å². The van der Waals surface area contributed by atoms with Crippen LogP contribution in [0.3, 0.4) is 0 Å². The number of rotatable bonds is 4. The maximum atomic E-state index is 14.6. The average Bonchev–Trinajstić information content (AvgIpc) is 3.32. The van der Waals surface area contributed by atoms with Crippen LogP contribution >= 0.6 is 0 Å². The number of hydrogen-bond acceptors (Lipinski definition) is 6. The fraction of sp³-hybridized carbons (Fsp3) is 0.250. The molecule has 5 rings (SSSR count). The Labute approximate surface area is 190 Å². The first-order valence-corrected chi connectivity index (χ1v) is 10.6. The Morgan fingerprint density at radius 1 is 1.00 bits per heavy atom. The van der Waals surface area contributed by atoms with Gasteiger partial charge in [0, 0.05) is 24.0 Å². The fourth-order valence-electron chi connectivity index (χ4n) is 4.54. The molecule has 3 heterocycles. The van der Waals surface area contributed by atoms with Crippen molar-refractivity contribution in [3.05, 3.63) is 77.4 Å². The minimum atomic E-state index is -0.835. The quantitative estimate of drug-likeness (QED) is 0.674. The van der Waals surface area contributed by atoms with E-state index in [2.05, 4.69) is 4.99 Å². The number of amides is 3. The normalized spacial score (nSPS) is 22.1. The second kappa shape index (κ2) is 7.54. The number of Topliss-reactive ketones (excluding diaryl/α,β-unsaturated/α-hetero) is 1. The molecule has 0 aliphatic carbocycles. The number of halogens is 1. The molecule has 1 fully saturated rings. The van der Waals surface area contributed by atoms with Crippen molar-refractivity contribution in [1.29, 1.82) is 0 Å². The van der Waals surface area contributed by atoms with Gasteiger partial charge in [0.15, 0.2) is 18.0 Å². The van der Waals surface area contributed by atoms with E-state index >= 15 is 0 Å². The highest BCUT2D eigenvalue weighted by Gasteiger charge is 2.56. The van der Waals surface area contributed by atoms with Crippen LogP contribution in [0, 0.1) is 5.82 Å². The van der Waals surface area contributed by atoms with Crippen LogP contribution < -0.4 is 4.90 Å². The van der Waals surface area contributed by atoms with E-state index in [9.17, 15) is 18.8 Å². The molecule has 2 aromatic carbocycles. The van der Waals surface area contributed by atoms with Crippen molar-refractivity contribution in [3.8, 4) is 0 Å². The van der Waals surface area contributed by atoms with Crippen molar-refractivity contribution in [2.45, 2.75) is 26.1 Å². The molecule has 8 nitrogen and oxygen atoms in total. The molecular weight excluding hydrogens is 425 g/mol. The number of carbonyl (C=O) groups is 3. The van der Waals surface area contributed by atoms with Gasteiger partial charge in [0.2, 0.25) is 5.96 Å². The van der Waals surface area contributed by atoms with E-state index in [4.69, 9.17) is 0 Å². The minimum Gasteiger partial charge on any atom is -0.302 e. The van der Waals surface area contributed by atoms with Crippen molar-refractivity contribution in [2.24, 2.45) is 4.99 Å². The number of guanidine groups is 1. The van der Waals surface area contributed by atoms with E-state index in [1.165, 1.54) is 11.0 Å². The largest absolute Gasteiger partial charge is 0.328 e. The zero-order chi connectivity index (χ0) is 23.4. The summed E-state index contributed by atoms with van der Waals surface area (Å²) < 4.78 is 14.6. The Balaban J connectivity index is 1.50. The Morgan fingerprint density at radius 2 is 1.67 bits per heavy atom. The molecule has 0 aromatic heterocycles. The van der Waals surface area contributed by atoms with Gasteiger partial charge in [0.25, 0.3) is 5.91 Å². The lowest BCUT2D eigenvalue weighted by atomic mass is 10.1. The molecular formula is C24H22FN5O3. The monoisotopic (exact) mass is 447 g/mol. The third-order valence-corrected chi connectivity index (χ3v) is 6.38. The lowest BCUT2D eigenvalue weighted by Crippen LogP contribution is -2.65. The molecule has 168 valence electrons. The Bertz CT molecular complexity index is 1240. The van der Waals surface area contributed by atoms with E-state index in [0.717, 1.165) is 16.3 Å². The highest BCUT2D eigenvalue weighted by atomic mass is 19.1. The zero-order valence-electron chi connectivity index (χ0n) is 18.4. The van der Waals surface area contributed by atoms with Gasteiger partial charge in [-0.3, -0.25) is 24.3 Å². The number of hydrogen-bond donors (Lipinski definition) is 0. The lowest BCUT2D eigenvalue weighted by Gasteiger charge is -2.40. The summed E-state index contributed by atoms with van der Waals surface area (Å²) in [6.45, 7) is 3.30. The molecule has 0 saturated carbocycles. The van der Waals surface area contributed by atoms with Crippen LogP contribution in [0.4, 0.5) is 14.9 Å². The number of allylic oxidation sites excluding steroid dienone is 2. The molecule has 33 heavy (non-hydrogen) atoms. The summed E-state index contributed by atoms with van der Waals surface area (Å²) in [7, 11) is 1.55. The van der Waals surface area contributed by atoms with Crippen LogP contribution in [0.15, 0.2) is 71.0 Å². The number of ketones is 1.